The van der Waals surface area contributed by atoms with Gasteiger partial charge in [-0.25, -0.2) is 0 Å². The number of methoxy groups -OCH3 is 2. The summed E-state index contributed by atoms with van der Waals surface area (Å²) in [5.41, 5.74) is 1.78. The van der Waals surface area contributed by atoms with Crippen molar-refractivity contribution in [3.05, 3.63) is 48.0 Å². The Balaban J connectivity index is 1.88. The van der Waals surface area contributed by atoms with Crippen LogP contribution in [0.4, 0.5) is 5.69 Å². The van der Waals surface area contributed by atoms with Gasteiger partial charge in [0.15, 0.2) is 11.5 Å². The van der Waals surface area contributed by atoms with Crippen molar-refractivity contribution in [1.82, 2.24) is 0 Å². The van der Waals surface area contributed by atoms with Crippen LogP contribution in [0, 0.1) is 0 Å². The molecule has 0 aliphatic rings. The van der Waals surface area contributed by atoms with Crippen molar-refractivity contribution in [3.63, 3.8) is 0 Å². The zero-order chi connectivity index (χ0) is 18.2. The van der Waals surface area contributed by atoms with Crippen molar-refractivity contribution in [2.75, 3.05) is 19.5 Å². The Labute approximate surface area is 148 Å². The normalized spacial score (nSPS) is 10.4. The van der Waals surface area contributed by atoms with Gasteiger partial charge in [-0.05, 0) is 62.2 Å². The van der Waals surface area contributed by atoms with Crippen LogP contribution >= 0.6 is 0 Å². The van der Waals surface area contributed by atoms with Gasteiger partial charge in [-0.1, -0.05) is 6.07 Å². The molecule has 1 N–H and O–H groups in total. The van der Waals surface area contributed by atoms with E-state index in [-0.39, 0.29) is 12.0 Å². The molecule has 0 bridgehead atoms. The molecule has 0 radical (unpaired) electrons. The molecule has 0 spiro atoms. The molecule has 25 heavy (non-hydrogen) atoms. The van der Waals surface area contributed by atoms with Gasteiger partial charge in [-0.3, -0.25) is 4.79 Å². The molecule has 0 aromatic heterocycles. The predicted molar refractivity (Wildman–Crippen MR) is 98.7 cm³/mol. The van der Waals surface area contributed by atoms with Gasteiger partial charge >= 0.3 is 0 Å². The summed E-state index contributed by atoms with van der Waals surface area (Å²) in [6, 6.07) is 13.1. The van der Waals surface area contributed by atoms with E-state index in [9.17, 15) is 4.79 Å². The maximum atomic E-state index is 12.1. The third-order valence-electron chi connectivity index (χ3n) is 3.60. The van der Waals surface area contributed by atoms with Gasteiger partial charge in [-0.15, -0.1) is 0 Å². The lowest BCUT2D eigenvalue weighted by Crippen LogP contribution is -2.12. The largest absolute Gasteiger partial charge is 0.493 e. The highest BCUT2D eigenvalue weighted by molar-refractivity contribution is 5.90. The topological polar surface area (TPSA) is 56.8 Å². The minimum absolute atomic E-state index is 0.0349. The number of rotatable bonds is 8. The molecule has 0 saturated carbocycles. The number of aryl methyl sites for hydroxylation is 1. The van der Waals surface area contributed by atoms with E-state index in [1.807, 2.05) is 56.3 Å². The van der Waals surface area contributed by atoms with Crippen molar-refractivity contribution in [1.29, 1.82) is 0 Å². The smallest absolute Gasteiger partial charge is 0.224 e. The highest BCUT2D eigenvalue weighted by Crippen LogP contribution is 2.28. The van der Waals surface area contributed by atoms with Crippen LogP contribution < -0.4 is 19.5 Å². The second-order valence-corrected chi connectivity index (χ2v) is 5.93. The van der Waals surface area contributed by atoms with Crippen molar-refractivity contribution in [3.8, 4) is 17.2 Å². The average Bonchev–Trinajstić information content (AvgIpc) is 2.61. The summed E-state index contributed by atoms with van der Waals surface area (Å²) in [5, 5.41) is 2.89. The Hall–Kier alpha value is -2.69. The molecule has 0 aliphatic carbocycles. The monoisotopic (exact) mass is 343 g/mol. The van der Waals surface area contributed by atoms with Crippen molar-refractivity contribution in [2.45, 2.75) is 32.8 Å². The van der Waals surface area contributed by atoms with Crippen LogP contribution in [0.25, 0.3) is 0 Å². The number of anilines is 1. The van der Waals surface area contributed by atoms with Crippen LogP contribution in [-0.4, -0.2) is 26.2 Å². The van der Waals surface area contributed by atoms with Crippen molar-refractivity contribution >= 4 is 11.6 Å². The standard InChI is InChI=1S/C20H25NO4/c1-14(2)25-17-9-7-16(8-10-17)21-20(22)12-6-15-5-11-18(23-3)19(13-15)24-4/h5,7-11,13-14H,6,12H2,1-4H3,(H,21,22). The van der Waals surface area contributed by atoms with E-state index in [1.165, 1.54) is 0 Å². The number of hydrogen-bond donors (Lipinski definition) is 1. The van der Waals surface area contributed by atoms with Gasteiger partial charge in [-0.2, -0.15) is 0 Å². The number of ether oxygens (including phenoxy) is 3. The minimum Gasteiger partial charge on any atom is -0.493 e. The highest BCUT2D eigenvalue weighted by Gasteiger charge is 2.08. The van der Waals surface area contributed by atoms with Crippen LogP contribution in [0.1, 0.15) is 25.8 Å². The van der Waals surface area contributed by atoms with E-state index in [2.05, 4.69) is 5.32 Å². The molecular formula is C20H25NO4. The molecule has 0 unspecified atom stereocenters. The molecular weight excluding hydrogens is 318 g/mol. The molecule has 5 heteroatoms. The number of carbonyl (C=O) groups is 1. The van der Waals surface area contributed by atoms with Gasteiger partial charge < -0.3 is 19.5 Å². The molecule has 2 rings (SSSR count). The van der Waals surface area contributed by atoms with Crippen LogP contribution in [0.5, 0.6) is 17.2 Å². The van der Waals surface area contributed by atoms with E-state index in [0.29, 0.717) is 24.3 Å². The number of carbonyl (C=O) groups excluding carboxylic acids is 1. The van der Waals surface area contributed by atoms with E-state index < -0.39 is 0 Å². The first kappa shape index (κ1) is 18.6. The fourth-order valence-corrected chi connectivity index (χ4v) is 2.41. The Morgan fingerprint density at radius 1 is 1.00 bits per heavy atom. The summed E-state index contributed by atoms with van der Waals surface area (Å²) in [5.74, 6) is 2.10. The maximum absolute atomic E-state index is 12.1. The zero-order valence-electron chi connectivity index (χ0n) is 15.2. The molecule has 5 nitrogen and oxygen atoms in total. The molecule has 0 saturated heterocycles. The van der Waals surface area contributed by atoms with Gasteiger partial charge in [0.25, 0.3) is 0 Å². The Morgan fingerprint density at radius 3 is 2.28 bits per heavy atom. The Bertz CT molecular complexity index is 695. The molecule has 2 aromatic carbocycles. The molecule has 0 aliphatic heterocycles. The number of nitrogens with one attached hydrogen (secondary N) is 1. The second-order valence-electron chi connectivity index (χ2n) is 5.93. The number of hydrogen-bond acceptors (Lipinski definition) is 4. The summed E-state index contributed by atoms with van der Waals surface area (Å²) >= 11 is 0. The summed E-state index contributed by atoms with van der Waals surface area (Å²) in [6.45, 7) is 3.95. The van der Waals surface area contributed by atoms with Gasteiger partial charge in [0.1, 0.15) is 5.75 Å². The van der Waals surface area contributed by atoms with E-state index in [1.54, 1.807) is 14.2 Å². The second kappa shape index (κ2) is 8.97. The fourth-order valence-electron chi connectivity index (χ4n) is 2.41. The van der Waals surface area contributed by atoms with Crippen LogP contribution in [0.3, 0.4) is 0 Å². The Morgan fingerprint density at radius 2 is 1.68 bits per heavy atom. The van der Waals surface area contributed by atoms with Crippen LogP contribution in [0.2, 0.25) is 0 Å². The predicted octanol–water partition coefficient (Wildman–Crippen LogP) is 4.06. The molecule has 0 heterocycles. The number of amides is 1. The third kappa shape index (κ3) is 5.71. The highest BCUT2D eigenvalue weighted by atomic mass is 16.5. The fraction of sp³-hybridized carbons (Fsp3) is 0.350. The van der Waals surface area contributed by atoms with Crippen LogP contribution in [0.15, 0.2) is 42.5 Å². The lowest BCUT2D eigenvalue weighted by atomic mass is 10.1. The summed E-state index contributed by atoms with van der Waals surface area (Å²) in [7, 11) is 3.20. The van der Waals surface area contributed by atoms with E-state index >= 15 is 0 Å². The summed E-state index contributed by atoms with van der Waals surface area (Å²) in [4.78, 5) is 12.1. The summed E-state index contributed by atoms with van der Waals surface area (Å²) in [6.07, 6.45) is 1.14. The molecule has 0 fully saturated rings. The number of benzene rings is 2. The molecule has 2 aromatic rings. The molecule has 1 amide bonds. The average molecular weight is 343 g/mol. The zero-order valence-corrected chi connectivity index (χ0v) is 15.2. The van der Waals surface area contributed by atoms with Crippen LogP contribution in [-0.2, 0) is 11.2 Å². The SMILES string of the molecule is COc1ccc(CCC(=O)Nc2ccc(OC(C)C)cc2)cc1OC. The quantitative estimate of drug-likeness (QED) is 0.785. The third-order valence-corrected chi connectivity index (χ3v) is 3.60. The first-order valence-corrected chi connectivity index (χ1v) is 8.29. The van der Waals surface area contributed by atoms with E-state index in [4.69, 9.17) is 14.2 Å². The minimum atomic E-state index is -0.0349. The van der Waals surface area contributed by atoms with Gasteiger partial charge in [0.05, 0.1) is 20.3 Å². The van der Waals surface area contributed by atoms with Crippen molar-refractivity contribution < 1.29 is 19.0 Å². The van der Waals surface area contributed by atoms with Gasteiger partial charge in [0, 0.05) is 12.1 Å². The first-order valence-electron chi connectivity index (χ1n) is 8.29. The van der Waals surface area contributed by atoms with Gasteiger partial charge in [0.2, 0.25) is 5.91 Å². The first-order chi connectivity index (χ1) is 12.0. The lowest BCUT2D eigenvalue weighted by Gasteiger charge is -2.11. The molecule has 0 atom stereocenters. The van der Waals surface area contributed by atoms with Crippen molar-refractivity contribution in [2.24, 2.45) is 0 Å². The maximum Gasteiger partial charge on any atom is 0.224 e. The van der Waals surface area contributed by atoms with E-state index in [0.717, 1.165) is 17.0 Å². The molecule has 134 valence electrons. The Kier molecular flexibility index (Phi) is 6.69. The summed E-state index contributed by atoms with van der Waals surface area (Å²) < 4.78 is 16.1. The lowest BCUT2D eigenvalue weighted by molar-refractivity contribution is -0.116.